The minimum absolute atomic E-state index is 0.119. The highest BCUT2D eigenvalue weighted by Crippen LogP contribution is 2.30. The van der Waals surface area contributed by atoms with Crippen molar-refractivity contribution in [3.05, 3.63) is 53.6 Å². The maximum absolute atomic E-state index is 12.6. The number of rotatable bonds is 10. The fourth-order valence-corrected chi connectivity index (χ4v) is 4.12. The molecule has 2 rings (SSSR count). The van der Waals surface area contributed by atoms with Crippen LogP contribution in [0, 0.1) is 0 Å². The van der Waals surface area contributed by atoms with Crippen molar-refractivity contribution in [2.45, 2.75) is 51.6 Å². The fraction of sp³-hybridized carbons (Fsp3) is 0.409. The molecule has 1 unspecified atom stereocenters. The highest BCUT2D eigenvalue weighted by atomic mass is 32.2. The number of benzene rings is 2. The maximum Gasteiger partial charge on any atom is 0.251 e. The Balaban J connectivity index is 2.13. The normalized spacial score (nSPS) is 12.5. The third-order valence-electron chi connectivity index (χ3n) is 4.23. The lowest BCUT2D eigenvalue weighted by Crippen LogP contribution is -2.30. The average Bonchev–Trinajstić information content (AvgIpc) is 2.68. The molecule has 7 nitrogen and oxygen atoms in total. The Kier molecular flexibility index (Phi) is 8.25. The lowest BCUT2D eigenvalue weighted by atomic mass is 10.1. The van der Waals surface area contributed by atoms with Crippen LogP contribution in [0.25, 0.3) is 0 Å². The number of sulfonamides is 1. The second-order valence-electron chi connectivity index (χ2n) is 7.07. The summed E-state index contributed by atoms with van der Waals surface area (Å²) < 4.78 is 38.2. The number of hydrogen-bond acceptors (Lipinski definition) is 5. The molecule has 2 aromatic rings. The lowest BCUT2D eigenvalue weighted by Gasteiger charge is -2.18. The van der Waals surface area contributed by atoms with E-state index in [4.69, 9.17) is 9.47 Å². The molecule has 0 heterocycles. The zero-order chi connectivity index (χ0) is 22.3. The molecular weight excluding hydrogens is 404 g/mol. The molecule has 0 aliphatic carbocycles. The summed E-state index contributed by atoms with van der Waals surface area (Å²) in [5.41, 5.74) is 1.25. The number of carbonyl (C=O) groups is 1. The third-order valence-corrected chi connectivity index (χ3v) is 5.91. The molecule has 8 heteroatoms. The minimum atomic E-state index is -3.59. The van der Waals surface area contributed by atoms with Gasteiger partial charge >= 0.3 is 0 Å². The Morgan fingerprint density at radius 2 is 1.53 bits per heavy atom. The van der Waals surface area contributed by atoms with Crippen LogP contribution >= 0.6 is 0 Å². The van der Waals surface area contributed by atoms with Crippen molar-refractivity contribution >= 4 is 15.9 Å². The predicted octanol–water partition coefficient (Wildman–Crippen LogP) is 3.66. The van der Waals surface area contributed by atoms with Crippen molar-refractivity contribution in [2.75, 3.05) is 13.2 Å². The van der Waals surface area contributed by atoms with Gasteiger partial charge in [-0.1, -0.05) is 6.07 Å². The van der Waals surface area contributed by atoms with Gasteiger partial charge in [-0.2, -0.15) is 0 Å². The van der Waals surface area contributed by atoms with Crippen LogP contribution in [0.4, 0.5) is 0 Å². The Labute approximate surface area is 178 Å². The third kappa shape index (κ3) is 6.21. The first kappa shape index (κ1) is 23.7. The SMILES string of the molecule is CCOc1ccc(C(C)NC(=O)c2ccc(S(=O)(=O)NC(C)C)cc2)cc1OCC. The Morgan fingerprint density at radius 3 is 2.10 bits per heavy atom. The summed E-state index contributed by atoms with van der Waals surface area (Å²) in [6.45, 7) is 10.2. The highest BCUT2D eigenvalue weighted by molar-refractivity contribution is 7.89. The van der Waals surface area contributed by atoms with Gasteiger partial charge in [0.05, 0.1) is 24.2 Å². The summed E-state index contributed by atoms with van der Waals surface area (Å²) in [7, 11) is -3.59. The first-order valence-corrected chi connectivity index (χ1v) is 11.5. The van der Waals surface area contributed by atoms with Gasteiger partial charge in [0.2, 0.25) is 10.0 Å². The molecule has 0 saturated carbocycles. The Morgan fingerprint density at radius 1 is 0.933 bits per heavy atom. The number of ether oxygens (including phenoxy) is 2. The van der Waals surface area contributed by atoms with Crippen molar-refractivity contribution in [1.82, 2.24) is 10.0 Å². The van der Waals surface area contributed by atoms with Crippen molar-refractivity contribution in [1.29, 1.82) is 0 Å². The number of amides is 1. The minimum Gasteiger partial charge on any atom is -0.490 e. The summed E-state index contributed by atoms with van der Waals surface area (Å²) >= 11 is 0. The van der Waals surface area contributed by atoms with Gasteiger partial charge < -0.3 is 14.8 Å². The van der Waals surface area contributed by atoms with Gasteiger partial charge in [-0.05, 0) is 76.6 Å². The molecule has 0 bridgehead atoms. The molecule has 0 saturated heterocycles. The molecule has 1 atom stereocenters. The van der Waals surface area contributed by atoms with Gasteiger partial charge in [0.1, 0.15) is 0 Å². The van der Waals surface area contributed by atoms with E-state index in [-0.39, 0.29) is 22.9 Å². The maximum atomic E-state index is 12.6. The molecule has 2 aromatic carbocycles. The fourth-order valence-electron chi connectivity index (χ4n) is 2.86. The standard InChI is InChI=1S/C22H30N2O5S/c1-6-28-20-13-10-18(14-21(20)29-7-2)16(5)23-22(25)17-8-11-19(12-9-17)30(26,27)24-15(3)4/h8-16,24H,6-7H2,1-5H3,(H,23,25). The lowest BCUT2D eigenvalue weighted by molar-refractivity contribution is 0.0939. The monoisotopic (exact) mass is 434 g/mol. The molecular formula is C22H30N2O5S. The van der Waals surface area contributed by atoms with Gasteiger partial charge in [-0.15, -0.1) is 0 Å². The molecule has 1 amide bonds. The summed E-state index contributed by atoms with van der Waals surface area (Å²) in [5.74, 6) is 0.994. The molecule has 0 spiro atoms. The molecule has 30 heavy (non-hydrogen) atoms. The quantitative estimate of drug-likeness (QED) is 0.595. The van der Waals surface area contributed by atoms with Crippen LogP contribution in [0.5, 0.6) is 11.5 Å². The first-order chi connectivity index (χ1) is 14.2. The molecule has 2 N–H and O–H groups in total. The van der Waals surface area contributed by atoms with Crippen LogP contribution in [0.1, 0.15) is 56.6 Å². The largest absolute Gasteiger partial charge is 0.490 e. The van der Waals surface area contributed by atoms with E-state index in [1.807, 2.05) is 39.0 Å². The number of nitrogens with one attached hydrogen (secondary N) is 2. The second kappa shape index (κ2) is 10.4. The second-order valence-corrected chi connectivity index (χ2v) is 8.78. The first-order valence-electron chi connectivity index (χ1n) is 10.0. The van der Waals surface area contributed by atoms with Crippen LogP contribution in [0.15, 0.2) is 47.4 Å². The molecule has 0 fully saturated rings. The van der Waals surface area contributed by atoms with E-state index in [1.54, 1.807) is 13.8 Å². The van der Waals surface area contributed by atoms with E-state index in [9.17, 15) is 13.2 Å². The van der Waals surface area contributed by atoms with Crippen molar-refractivity contribution in [3.63, 3.8) is 0 Å². The van der Waals surface area contributed by atoms with Crippen LogP contribution in [-0.2, 0) is 10.0 Å². The van der Waals surface area contributed by atoms with Crippen molar-refractivity contribution in [3.8, 4) is 11.5 Å². The Bertz CT molecular complexity index is 956. The Hall–Kier alpha value is -2.58. The van der Waals surface area contributed by atoms with Gasteiger partial charge in [0.25, 0.3) is 5.91 Å². The average molecular weight is 435 g/mol. The highest BCUT2D eigenvalue weighted by Gasteiger charge is 2.18. The van der Waals surface area contributed by atoms with Crippen LogP contribution in [-0.4, -0.2) is 33.6 Å². The summed E-state index contributed by atoms with van der Waals surface area (Å²) in [6.07, 6.45) is 0. The predicted molar refractivity (Wildman–Crippen MR) is 117 cm³/mol. The van der Waals surface area contributed by atoms with E-state index < -0.39 is 10.0 Å². The van der Waals surface area contributed by atoms with Crippen molar-refractivity contribution < 1.29 is 22.7 Å². The van der Waals surface area contributed by atoms with Gasteiger partial charge in [0, 0.05) is 11.6 Å². The molecule has 0 aromatic heterocycles. The van der Waals surface area contributed by atoms with Crippen LogP contribution < -0.4 is 19.5 Å². The molecule has 0 aliphatic heterocycles. The molecule has 0 radical (unpaired) electrons. The van der Waals surface area contributed by atoms with E-state index >= 15 is 0 Å². The van der Waals surface area contributed by atoms with E-state index in [1.165, 1.54) is 24.3 Å². The number of carbonyl (C=O) groups excluding carboxylic acids is 1. The summed E-state index contributed by atoms with van der Waals surface area (Å²) in [4.78, 5) is 12.7. The topological polar surface area (TPSA) is 93.7 Å². The molecule has 0 aliphatic rings. The van der Waals surface area contributed by atoms with Crippen LogP contribution in [0.2, 0.25) is 0 Å². The van der Waals surface area contributed by atoms with Crippen LogP contribution in [0.3, 0.4) is 0 Å². The van der Waals surface area contributed by atoms with Gasteiger partial charge in [0.15, 0.2) is 11.5 Å². The van der Waals surface area contributed by atoms with Gasteiger partial charge in [-0.25, -0.2) is 13.1 Å². The summed E-state index contributed by atoms with van der Waals surface area (Å²) in [6, 6.07) is 10.9. The number of hydrogen-bond donors (Lipinski definition) is 2. The van der Waals surface area contributed by atoms with E-state index in [0.717, 1.165) is 5.56 Å². The van der Waals surface area contributed by atoms with E-state index in [2.05, 4.69) is 10.0 Å². The van der Waals surface area contributed by atoms with Gasteiger partial charge in [-0.3, -0.25) is 4.79 Å². The zero-order valence-corrected chi connectivity index (χ0v) is 18.9. The summed E-state index contributed by atoms with van der Waals surface area (Å²) in [5, 5.41) is 2.92. The van der Waals surface area contributed by atoms with E-state index in [0.29, 0.717) is 30.3 Å². The smallest absolute Gasteiger partial charge is 0.251 e. The zero-order valence-electron chi connectivity index (χ0n) is 18.1. The molecule has 164 valence electrons. The van der Waals surface area contributed by atoms with Crippen molar-refractivity contribution in [2.24, 2.45) is 0 Å².